The molecule has 0 fully saturated rings. The fraction of sp³-hybridized carbons (Fsp3) is 0.111. The highest BCUT2D eigenvalue weighted by molar-refractivity contribution is 6.33. The molecule has 0 aliphatic heterocycles. The third-order valence-electron chi connectivity index (χ3n) is 3.72. The summed E-state index contributed by atoms with van der Waals surface area (Å²) in [5.41, 5.74) is 3.98. The van der Waals surface area contributed by atoms with Gasteiger partial charge in [0.15, 0.2) is 0 Å². The summed E-state index contributed by atoms with van der Waals surface area (Å²) in [7, 11) is 0. The van der Waals surface area contributed by atoms with E-state index in [0.717, 1.165) is 16.8 Å². The number of aromatic nitrogens is 3. The molecule has 0 aliphatic carbocycles. The van der Waals surface area contributed by atoms with Crippen molar-refractivity contribution in [3.63, 3.8) is 0 Å². The van der Waals surface area contributed by atoms with E-state index < -0.39 is 0 Å². The van der Waals surface area contributed by atoms with Gasteiger partial charge in [0.1, 0.15) is 6.33 Å². The first-order valence-electron chi connectivity index (χ1n) is 7.75. The average Bonchev–Trinajstić information content (AvgIpc) is 2.64. The van der Waals surface area contributed by atoms with Gasteiger partial charge in [0.2, 0.25) is 11.9 Å². The second kappa shape index (κ2) is 7.35. The summed E-state index contributed by atoms with van der Waals surface area (Å²) in [4.78, 5) is 12.6. The van der Waals surface area contributed by atoms with Crippen LogP contribution in [0.1, 0.15) is 16.7 Å². The zero-order valence-corrected chi connectivity index (χ0v) is 15.0. The zero-order valence-electron chi connectivity index (χ0n) is 14.2. The predicted octanol–water partition coefficient (Wildman–Crippen LogP) is 3.77. The lowest BCUT2D eigenvalue weighted by molar-refractivity contribution is 0.946. The normalized spacial score (nSPS) is 10.3. The standard InChI is InChI=1S/C18H16ClN7/c1-11-7-12(2)16(15(19)8-11)24-17-22-10-23-18(25-17)26(21)14-5-3-13(9-20)4-6-14/h3-8,10H,21H2,1-2H3,(H,22,23,24,25). The second-order valence-electron chi connectivity index (χ2n) is 5.70. The Hall–Kier alpha value is -3.21. The van der Waals surface area contributed by atoms with E-state index >= 15 is 0 Å². The summed E-state index contributed by atoms with van der Waals surface area (Å²) in [5, 5.41) is 13.9. The molecular weight excluding hydrogens is 350 g/mol. The zero-order chi connectivity index (χ0) is 18.7. The van der Waals surface area contributed by atoms with Gasteiger partial charge in [-0.25, -0.2) is 15.8 Å². The first-order valence-corrected chi connectivity index (χ1v) is 8.13. The number of rotatable bonds is 4. The molecule has 8 heteroatoms. The number of hydrogen-bond acceptors (Lipinski definition) is 7. The highest BCUT2D eigenvalue weighted by Gasteiger charge is 2.12. The van der Waals surface area contributed by atoms with Crippen LogP contribution in [0.3, 0.4) is 0 Å². The maximum Gasteiger partial charge on any atom is 0.249 e. The minimum absolute atomic E-state index is 0.257. The van der Waals surface area contributed by atoms with E-state index in [0.29, 0.717) is 22.2 Å². The topological polar surface area (TPSA) is 104 Å². The molecule has 2 aromatic carbocycles. The molecule has 1 aromatic heterocycles. The summed E-state index contributed by atoms with van der Waals surface area (Å²) in [6, 6.07) is 12.7. The van der Waals surface area contributed by atoms with Crippen molar-refractivity contribution in [2.75, 3.05) is 10.3 Å². The van der Waals surface area contributed by atoms with Crippen LogP contribution in [0.4, 0.5) is 23.3 Å². The summed E-state index contributed by atoms with van der Waals surface area (Å²) >= 11 is 6.32. The van der Waals surface area contributed by atoms with E-state index in [4.69, 9.17) is 22.7 Å². The van der Waals surface area contributed by atoms with Crippen LogP contribution in [0.15, 0.2) is 42.7 Å². The van der Waals surface area contributed by atoms with Crippen molar-refractivity contribution in [2.45, 2.75) is 13.8 Å². The monoisotopic (exact) mass is 365 g/mol. The van der Waals surface area contributed by atoms with E-state index in [1.165, 1.54) is 11.3 Å². The van der Waals surface area contributed by atoms with Crippen molar-refractivity contribution in [2.24, 2.45) is 5.84 Å². The number of benzene rings is 2. The molecule has 0 aliphatic rings. The Labute approximate surface area is 156 Å². The van der Waals surface area contributed by atoms with E-state index in [1.54, 1.807) is 24.3 Å². The number of halogens is 1. The number of aryl methyl sites for hydroxylation is 2. The molecule has 0 saturated heterocycles. The Morgan fingerprint density at radius 1 is 1.15 bits per heavy atom. The SMILES string of the molecule is Cc1cc(C)c(Nc2ncnc(N(N)c3ccc(C#N)cc3)n2)c(Cl)c1. The van der Waals surface area contributed by atoms with Crippen LogP contribution in [0, 0.1) is 25.2 Å². The fourth-order valence-corrected chi connectivity index (χ4v) is 2.83. The van der Waals surface area contributed by atoms with Crippen LogP contribution in [0.5, 0.6) is 0 Å². The third-order valence-corrected chi connectivity index (χ3v) is 4.02. The van der Waals surface area contributed by atoms with Crippen LogP contribution >= 0.6 is 11.6 Å². The first kappa shape index (κ1) is 17.6. The molecule has 0 spiro atoms. The molecule has 0 bridgehead atoms. The highest BCUT2D eigenvalue weighted by Crippen LogP contribution is 2.29. The van der Waals surface area contributed by atoms with Crippen molar-refractivity contribution >= 4 is 34.9 Å². The second-order valence-corrected chi connectivity index (χ2v) is 6.11. The van der Waals surface area contributed by atoms with Crippen molar-refractivity contribution in [1.82, 2.24) is 15.0 Å². The van der Waals surface area contributed by atoms with Crippen LogP contribution < -0.4 is 16.2 Å². The fourth-order valence-electron chi connectivity index (χ4n) is 2.46. The van der Waals surface area contributed by atoms with E-state index in [2.05, 4.69) is 26.3 Å². The number of nitrogens with one attached hydrogen (secondary N) is 1. The van der Waals surface area contributed by atoms with Gasteiger partial charge in [-0.1, -0.05) is 17.7 Å². The van der Waals surface area contributed by atoms with Gasteiger partial charge in [0.05, 0.1) is 28.0 Å². The number of anilines is 4. The maximum absolute atomic E-state index is 8.88. The minimum Gasteiger partial charge on any atom is -0.322 e. The Bertz CT molecular complexity index is 957. The van der Waals surface area contributed by atoms with Crippen molar-refractivity contribution in [3.05, 3.63) is 64.4 Å². The number of hydrogen-bond donors (Lipinski definition) is 2. The van der Waals surface area contributed by atoms with Gasteiger partial charge in [-0.2, -0.15) is 15.2 Å². The number of nitrogens with zero attached hydrogens (tertiary/aromatic N) is 5. The Morgan fingerprint density at radius 3 is 2.54 bits per heavy atom. The van der Waals surface area contributed by atoms with Gasteiger partial charge in [-0.3, -0.25) is 0 Å². The molecule has 0 amide bonds. The number of nitriles is 1. The number of nitrogens with two attached hydrogens (primary N) is 1. The van der Waals surface area contributed by atoms with E-state index in [1.807, 2.05) is 26.0 Å². The van der Waals surface area contributed by atoms with Crippen LogP contribution in [-0.2, 0) is 0 Å². The Morgan fingerprint density at radius 2 is 1.88 bits per heavy atom. The molecule has 3 N–H and O–H groups in total. The van der Waals surface area contributed by atoms with Gasteiger partial charge >= 0.3 is 0 Å². The van der Waals surface area contributed by atoms with Crippen LogP contribution in [0.2, 0.25) is 5.02 Å². The van der Waals surface area contributed by atoms with Crippen molar-refractivity contribution in [1.29, 1.82) is 5.26 Å². The highest BCUT2D eigenvalue weighted by atomic mass is 35.5. The minimum atomic E-state index is 0.257. The molecule has 7 nitrogen and oxygen atoms in total. The molecule has 3 aromatic rings. The molecule has 1 heterocycles. The summed E-state index contributed by atoms with van der Waals surface area (Å²) < 4.78 is 0. The van der Waals surface area contributed by atoms with Crippen molar-refractivity contribution in [3.8, 4) is 6.07 Å². The number of hydrazine groups is 1. The molecule has 0 saturated carbocycles. The quantitative estimate of drug-likeness (QED) is 0.535. The molecule has 0 atom stereocenters. The first-order chi connectivity index (χ1) is 12.5. The molecular formula is C18H16ClN7. The molecule has 26 heavy (non-hydrogen) atoms. The lowest BCUT2D eigenvalue weighted by Crippen LogP contribution is -2.27. The average molecular weight is 366 g/mol. The van der Waals surface area contributed by atoms with Gasteiger partial charge in [0.25, 0.3) is 0 Å². The van der Waals surface area contributed by atoms with Gasteiger partial charge < -0.3 is 5.32 Å². The third kappa shape index (κ3) is 3.72. The van der Waals surface area contributed by atoms with E-state index in [9.17, 15) is 0 Å². The largest absolute Gasteiger partial charge is 0.322 e. The Kier molecular flexibility index (Phi) is 4.98. The molecule has 0 unspecified atom stereocenters. The Balaban J connectivity index is 1.87. The summed E-state index contributed by atoms with van der Waals surface area (Å²) in [5.74, 6) is 6.68. The van der Waals surface area contributed by atoms with Crippen LogP contribution in [-0.4, -0.2) is 15.0 Å². The summed E-state index contributed by atoms with van der Waals surface area (Å²) in [6.45, 7) is 3.93. The van der Waals surface area contributed by atoms with Crippen LogP contribution in [0.25, 0.3) is 0 Å². The predicted molar refractivity (Wildman–Crippen MR) is 102 cm³/mol. The van der Waals surface area contributed by atoms with Gasteiger partial charge in [-0.15, -0.1) is 0 Å². The summed E-state index contributed by atoms with van der Waals surface area (Å²) in [6.07, 6.45) is 1.37. The molecule has 130 valence electrons. The van der Waals surface area contributed by atoms with E-state index in [-0.39, 0.29) is 5.95 Å². The van der Waals surface area contributed by atoms with Gasteiger partial charge in [0, 0.05) is 0 Å². The molecule has 0 radical (unpaired) electrons. The lowest BCUT2D eigenvalue weighted by Gasteiger charge is -2.17. The van der Waals surface area contributed by atoms with Crippen molar-refractivity contribution < 1.29 is 0 Å². The molecule has 3 rings (SSSR count). The van der Waals surface area contributed by atoms with Gasteiger partial charge in [-0.05, 0) is 55.3 Å². The maximum atomic E-state index is 8.88. The smallest absolute Gasteiger partial charge is 0.249 e. The lowest BCUT2D eigenvalue weighted by atomic mass is 10.1.